The van der Waals surface area contributed by atoms with E-state index in [0.29, 0.717) is 5.56 Å². The van der Waals surface area contributed by atoms with Crippen molar-refractivity contribution in [3.05, 3.63) is 70.7 Å². The Hall–Kier alpha value is -3.42. The van der Waals surface area contributed by atoms with Gasteiger partial charge in [0.25, 0.3) is 0 Å². The van der Waals surface area contributed by atoms with Crippen molar-refractivity contribution < 1.29 is 27.8 Å². The zero-order chi connectivity index (χ0) is 22.1. The number of carbonyl (C=O) groups is 1. The number of hydrogen-bond acceptors (Lipinski definition) is 7. The van der Waals surface area contributed by atoms with Crippen molar-refractivity contribution in [3.63, 3.8) is 0 Å². The molecule has 2 aromatic rings. The number of halogens is 3. The average Bonchev–Trinajstić information content (AvgIpc) is 2.72. The van der Waals surface area contributed by atoms with Crippen LogP contribution in [0.15, 0.2) is 53.9 Å². The molecule has 30 heavy (non-hydrogen) atoms. The summed E-state index contributed by atoms with van der Waals surface area (Å²) in [5, 5.41) is 22.4. The van der Waals surface area contributed by atoms with E-state index in [0.717, 1.165) is 12.1 Å². The van der Waals surface area contributed by atoms with Crippen LogP contribution in [0.4, 0.5) is 18.9 Å². The minimum Gasteiger partial charge on any atom is -0.466 e. The molecular formula is C20H17F3N4O3. The molecule has 1 aliphatic rings. The lowest BCUT2D eigenvalue weighted by Crippen LogP contribution is -2.52. The van der Waals surface area contributed by atoms with Crippen LogP contribution in [0, 0.1) is 11.3 Å². The highest BCUT2D eigenvalue weighted by Crippen LogP contribution is 2.37. The Balaban J connectivity index is 2.11. The summed E-state index contributed by atoms with van der Waals surface area (Å²) in [6, 6.07) is 8.44. The number of carbonyl (C=O) groups excluding carboxylic acids is 1. The second-order valence-corrected chi connectivity index (χ2v) is 6.47. The topological polar surface area (TPSA) is 98.5 Å². The summed E-state index contributed by atoms with van der Waals surface area (Å²) in [6.07, 6.45) is -4.63. The highest BCUT2D eigenvalue weighted by Gasteiger charge is 2.38. The van der Waals surface area contributed by atoms with Crippen LogP contribution < -0.4 is 10.2 Å². The smallest absolute Gasteiger partial charge is 0.416 e. The van der Waals surface area contributed by atoms with Crippen LogP contribution in [0.3, 0.4) is 0 Å². The first-order valence-corrected chi connectivity index (χ1v) is 8.73. The first-order valence-electron chi connectivity index (χ1n) is 8.73. The van der Waals surface area contributed by atoms with E-state index in [1.165, 1.54) is 43.3 Å². The Labute approximate surface area is 170 Å². The average molecular weight is 418 g/mol. The monoisotopic (exact) mass is 418 g/mol. The van der Waals surface area contributed by atoms with Gasteiger partial charge in [0.05, 0.1) is 24.3 Å². The number of nitriles is 1. The fourth-order valence-electron chi connectivity index (χ4n) is 3.28. The van der Waals surface area contributed by atoms with E-state index < -0.39 is 30.1 Å². The second kappa shape index (κ2) is 8.14. The number of methoxy groups -OCH3 is 1. The minimum atomic E-state index is -4.57. The normalized spacial score (nSPS) is 19.4. The SMILES string of the molecule is COC(=O)C1=C(C)N(c2cccc(C(F)(F)F)c2)C(O)NC1c1ccc(C#N)nc1. The van der Waals surface area contributed by atoms with Crippen LogP contribution in [-0.2, 0) is 15.7 Å². The third-order valence-corrected chi connectivity index (χ3v) is 4.69. The Morgan fingerprint density at radius 2 is 2.07 bits per heavy atom. The van der Waals surface area contributed by atoms with Gasteiger partial charge in [0.2, 0.25) is 0 Å². The number of aliphatic hydroxyl groups excluding tert-OH is 1. The zero-order valence-corrected chi connectivity index (χ0v) is 15.9. The number of pyridine rings is 1. The van der Waals surface area contributed by atoms with E-state index in [9.17, 15) is 23.1 Å². The molecule has 2 heterocycles. The predicted molar refractivity (Wildman–Crippen MR) is 99.5 cm³/mol. The molecule has 0 amide bonds. The van der Waals surface area contributed by atoms with Crippen LogP contribution >= 0.6 is 0 Å². The third kappa shape index (κ3) is 3.98. The van der Waals surface area contributed by atoms with Crippen molar-refractivity contribution in [2.45, 2.75) is 25.5 Å². The highest BCUT2D eigenvalue weighted by atomic mass is 19.4. The molecule has 2 unspecified atom stereocenters. The van der Waals surface area contributed by atoms with E-state index in [1.807, 2.05) is 6.07 Å². The van der Waals surface area contributed by atoms with Gasteiger partial charge in [-0.25, -0.2) is 9.78 Å². The summed E-state index contributed by atoms with van der Waals surface area (Å²) in [4.78, 5) is 17.7. The van der Waals surface area contributed by atoms with Gasteiger partial charge < -0.3 is 14.7 Å². The standard InChI is InChI=1S/C20H17F3N4O3/c1-11-16(18(28)30-2)17(12-6-7-14(9-24)25-10-12)26-19(29)27(11)15-5-3-4-13(8-15)20(21,22)23/h3-8,10,17,19,26,29H,1-2H3. The molecule has 3 rings (SSSR count). The molecule has 0 radical (unpaired) electrons. The number of aliphatic hydroxyl groups is 1. The maximum absolute atomic E-state index is 13.1. The van der Waals surface area contributed by atoms with E-state index in [1.54, 1.807) is 6.07 Å². The van der Waals surface area contributed by atoms with Gasteiger partial charge in [-0.05, 0) is 36.8 Å². The molecule has 0 fully saturated rings. The molecule has 7 nitrogen and oxygen atoms in total. The van der Waals surface area contributed by atoms with Gasteiger partial charge in [0.1, 0.15) is 11.8 Å². The number of rotatable bonds is 3. The highest BCUT2D eigenvalue weighted by molar-refractivity contribution is 5.92. The van der Waals surface area contributed by atoms with Crippen molar-refractivity contribution in [1.82, 2.24) is 10.3 Å². The van der Waals surface area contributed by atoms with Gasteiger partial charge in [-0.2, -0.15) is 18.4 Å². The van der Waals surface area contributed by atoms with Crippen LogP contribution in [0.25, 0.3) is 0 Å². The first kappa shape index (κ1) is 21.3. The quantitative estimate of drug-likeness (QED) is 0.740. The lowest BCUT2D eigenvalue weighted by atomic mass is 9.95. The number of allylic oxidation sites excluding steroid dienone is 1. The lowest BCUT2D eigenvalue weighted by molar-refractivity contribution is -0.138. The molecule has 2 N–H and O–H groups in total. The number of alkyl halides is 3. The maximum atomic E-state index is 13.1. The van der Waals surface area contributed by atoms with Crippen LogP contribution in [-0.4, -0.2) is 29.5 Å². The van der Waals surface area contributed by atoms with Crippen molar-refractivity contribution in [3.8, 4) is 6.07 Å². The van der Waals surface area contributed by atoms with Gasteiger partial charge >= 0.3 is 12.1 Å². The van der Waals surface area contributed by atoms with E-state index >= 15 is 0 Å². The largest absolute Gasteiger partial charge is 0.466 e. The van der Waals surface area contributed by atoms with E-state index in [-0.39, 0.29) is 22.7 Å². The van der Waals surface area contributed by atoms with Gasteiger partial charge in [-0.15, -0.1) is 0 Å². The number of aromatic nitrogens is 1. The molecule has 10 heteroatoms. The number of hydrogen-bond donors (Lipinski definition) is 2. The minimum absolute atomic E-state index is 0.0418. The molecule has 0 spiro atoms. The van der Waals surface area contributed by atoms with Gasteiger partial charge in [0, 0.05) is 17.6 Å². The molecule has 1 aromatic carbocycles. The van der Waals surface area contributed by atoms with Crippen molar-refractivity contribution in [2.75, 3.05) is 12.0 Å². The van der Waals surface area contributed by atoms with Crippen LogP contribution in [0.1, 0.15) is 29.8 Å². The van der Waals surface area contributed by atoms with Crippen molar-refractivity contribution in [1.29, 1.82) is 5.26 Å². The molecule has 1 aliphatic heterocycles. The number of ether oxygens (including phenoxy) is 1. The Bertz CT molecular complexity index is 1030. The van der Waals surface area contributed by atoms with Crippen LogP contribution in [0.2, 0.25) is 0 Å². The fraction of sp³-hybridized carbons (Fsp3) is 0.250. The molecule has 0 saturated heterocycles. The van der Waals surface area contributed by atoms with E-state index in [2.05, 4.69) is 10.3 Å². The third-order valence-electron chi connectivity index (χ3n) is 4.69. The Kier molecular flexibility index (Phi) is 5.78. The molecule has 0 aliphatic carbocycles. The number of benzene rings is 1. The number of anilines is 1. The summed E-state index contributed by atoms with van der Waals surface area (Å²) in [5.74, 6) is -0.724. The number of nitrogens with zero attached hydrogens (tertiary/aromatic N) is 3. The first-order chi connectivity index (χ1) is 14.2. The zero-order valence-electron chi connectivity index (χ0n) is 15.9. The van der Waals surface area contributed by atoms with Gasteiger partial charge in [0.15, 0.2) is 6.35 Å². The summed E-state index contributed by atoms with van der Waals surface area (Å²) in [7, 11) is 1.18. The molecule has 1 aromatic heterocycles. The second-order valence-electron chi connectivity index (χ2n) is 6.47. The van der Waals surface area contributed by atoms with Crippen LogP contribution in [0.5, 0.6) is 0 Å². The van der Waals surface area contributed by atoms with Gasteiger partial charge in [-0.1, -0.05) is 12.1 Å². The molecule has 0 bridgehead atoms. The summed E-state index contributed by atoms with van der Waals surface area (Å²) in [5.41, 5.74) is 0.0872. The number of esters is 1. The number of nitrogens with one attached hydrogen (secondary N) is 1. The van der Waals surface area contributed by atoms with Gasteiger partial charge in [-0.3, -0.25) is 5.32 Å². The molecule has 2 atom stereocenters. The summed E-state index contributed by atoms with van der Waals surface area (Å²) in [6.45, 7) is 1.50. The summed E-state index contributed by atoms with van der Waals surface area (Å²) >= 11 is 0. The lowest BCUT2D eigenvalue weighted by Gasteiger charge is -2.40. The maximum Gasteiger partial charge on any atom is 0.416 e. The van der Waals surface area contributed by atoms with Crippen molar-refractivity contribution in [2.24, 2.45) is 0 Å². The Morgan fingerprint density at radius 3 is 2.63 bits per heavy atom. The molecule has 0 saturated carbocycles. The molecule has 156 valence electrons. The fourth-order valence-corrected chi connectivity index (χ4v) is 3.28. The molecular weight excluding hydrogens is 401 g/mol. The summed E-state index contributed by atoms with van der Waals surface area (Å²) < 4.78 is 44.2. The van der Waals surface area contributed by atoms with Crippen molar-refractivity contribution >= 4 is 11.7 Å². The predicted octanol–water partition coefficient (Wildman–Crippen LogP) is 2.85. The Morgan fingerprint density at radius 1 is 1.33 bits per heavy atom. The van der Waals surface area contributed by atoms with E-state index in [4.69, 9.17) is 10.00 Å².